The molecular formula is C26H34O10. The smallest absolute Gasteiger partial charge is 0.341 e. The molecule has 2 fully saturated rings. The Kier molecular flexibility index (Phi) is 8.10. The molecule has 198 valence electrons. The second-order valence-corrected chi connectivity index (χ2v) is 9.62. The van der Waals surface area contributed by atoms with Gasteiger partial charge in [0.1, 0.15) is 12.2 Å². The van der Waals surface area contributed by atoms with E-state index in [2.05, 4.69) is 13.2 Å². The van der Waals surface area contributed by atoms with Crippen molar-refractivity contribution < 1.29 is 48.0 Å². The Morgan fingerprint density at radius 2 is 1.92 bits per heavy atom. The van der Waals surface area contributed by atoms with E-state index >= 15 is 0 Å². The van der Waals surface area contributed by atoms with Crippen LogP contribution in [-0.2, 0) is 42.9 Å². The summed E-state index contributed by atoms with van der Waals surface area (Å²) in [5.41, 5.74) is -1.09. The summed E-state index contributed by atoms with van der Waals surface area (Å²) in [6.07, 6.45) is -3.50. The van der Waals surface area contributed by atoms with Gasteiger partial charge in [-0.3, -0.25) is 4.79 Å². The number of allylic oxidation sites excluding steroid dienone is 1. The van der Waals surface area contributed by atoms with Gasteiger partial charge in [0.25, 0.3) is 0 Å². The van der Waals surface area contributed by atoms with Crippen LogP contribution in [0.5, 0.6) is 0 Å². The van der Waals surface area contributed by atoms with E-state index in [-0.39, 0.29) is 24.0 Å². The number of methoxy groups -OCH3 is 1. The van der Waals surface area contributed by atoms with Gasteiger partial charge < -0.3 is 28.8 Å². The van der Waals surface area contributed by atoms with Crippen LogP contribution in [-0.4, -0.2) is 72.2 Å². The molecule has 2 aliphatic heterocycles. The van der Waals surface area contributed by atoms with Crippen LogP contribution < -0.4 is 0 Å². The van der Waals surface area contributed by atoms with Crippen molar-refractivity contribution in [2.75, 3.05) is 7.11 Å². The normalized spacial score (nSPS) is 36.5. The van der Waals surface area contributed by atoms with Gasteiger partial charge in [0.2, 0.25) is 0 Å². The first-order chi connectivity index (χ1) is 16.9. The minimum absolute atomic E-state index is 0.0723. The molecule has 3 rings (SSSR count). The van der Waals surface area contributed by atoms with Gasteiger partial charge in [0.05, 0.1) is 30.6 Å². The van der Waals surface area contributed by atoms with Gasteiger partial charge in [-0.25, -0.2) is 14.4 Å². The zero-order valence-electron chi connectivity index (χ0n) is 21.3. The molecule has 1 aliphatic carbocycles. The van der Waals surface area contributed by atoms with Crippen LogP contribution in [0.2, 0.25) is 0 Å². The third kappa shape index (κ3) is 5.10. The molecule has 0 aromatic rings. The van der Waals surface area contributed by atoms with Crippen molar-refractivity contribution in [3.8, 4) is 0 Å². The molecule has 36 heavy (non-hydrogen) atoms. The monoisotopic (exact) mass is 506 g/mol. The second-order valence-electron chi connectivity index (χ2n) is 9.62. The summed E-state index contributed by atoms with van der Waals surface area (Å²) < 4.78 is 27.4. The Labute approximate surface area is 210 Å². The van der Waals surface area contributed by atoms with Crippen molar-refractivity contribution in [2.45, 2.75) is 83.1 Å². The van der Waals surface area contributed by atoms with E-state index in [1.54, 1.807) is 20.8 Å². The largest absolute Gasteiger partial charge is 0.466 e. The first kappa shape index (κ1) is 27.6. The van der Waals surface area contributed by atoms with Crippen LogP contribution >= 0.6 is 0 Å². The number of esters is 4. The fourth-order valence-corrected chi connectivity index (χ4v) is 4.31. The van der Waals surface area contributed by atoms with Gasteiger partial charge in [-0.1, -0.05) is 33.1 Å². The average Bonchev–Trinajstić information content (AvgIpc) is 3.37. The van der Waals surface area contributed by atoms with E-state index in [1.807, 2.05) is 0 Å². The molecule has 8 atom stereocenters. The number of aliphatic hydroxyl groups is 1. The van der Waals surface area contributed by atoms with Crippen LogP contribution in [0.25, 0.3) is 0 Å². The van der Waals surface area contributed by atoms with Gasteiger partial charge >= 0.3 is 23.9 Å². The molecule has 10 nitrogen and oxygen atoms in total. The molecule has 0 aromatic heterocycles. The number of hydrogen-bond acceptors (Lipinski definition) is 10. The number of rotatable bonds is 6. The lowest BCUT2D eigenvalue weighted by atomic mass is 9.80. The number of ether oxygens (including phenoxy) is 5. The standard InChI is InChI=1S/C26H34O10/c1-8-12(2)22(28)33-19-16(24(30)32-7)11-9-10-13(3)18(27)20-17(14(4)23(29)34-20)21(19)35-25(31)26(6)15(5)36-26/h11-12,15,17-21,27H,3-4,8-10H2,1-2,5-7H3/b16-11+/t12-,15+,17+,18+,19+,20+,21+,26-/m1/s1. The van der Waals surface area contributed by atoms with Crippen molar-refractivity contribution in [3.05, 3.63) is 36.0 Å². The topological polar surface area (TPSA) is 138 Å². The van der Waals surface area contributed by atoms with Crippen LogP contribution in [0, 0.1) is 11.8 Å². The van der Waals surface area contributed by atoms with E-state index in [0.29, 0.717) is 12.0 Å². The molecular weight excluding hydrogens is 472 g/mol. The highest BCUT2D eigenvalue weighted by Gasteiger charge is 2.60. The predicted octanol–water partition coefficient (Wildman–Crippen LogP) is 1.94. The maximum Gasteiger partial charge on any atom is 0.341 e. The van der Waals surface area contributed by atoms with Gasteiger partial charge in [-0.15, -0.1) is 0 Å². The van der Waals surface area contributed by atoms with Crippen LogP contribution in [0.15, 0.2) is 36.0 Å². The molecule has 3 aliphatic rings. The summed E-state index contributed by atoms with van der Waals surface area (Å²) in [5.74, 6) is -4.74. The Balaban J connectivity index is 2.19. The predicted molar refractivity (Wildman–Crippen MR) is 125 cm³/mol. The van der Waals surface area contributed by atoms with Crippen molar-refractivity contribution >= 4 is 23.9 Å². The van der Waals surface area contributed by atoms with Crippen molar-refractivity contribution in [1.29, 1.82) is 0 Å². The Morgan fingerprint density at radius 1 is 1.28 bits per heavy atom. The highest BCUT2D eigenvalue weighted by Crippen LogP contribution is 2.42. The molecule has 1 N–H and O–H groups in total. The van der Waals surface area contributed by atoms with E-state index in [4.69, 9.17) is 23.7 Å². The van der Waals surface area contributed by atoms with E-state index < -0.39 is 71.8 Å². The molecule has 0 bridgehead atoms. The van der Waals surface area contributed by atoms with Crippen molar-refractivity contribution in [1.82, 2.24) is 0 Å². The van der Waals surface area contributed by atoms with Crippen molar-refractivity contribution in [2.24, 2.45) is 11.8 Å². The number of carbonyl (C=O) groups is 4. The lowest BCUT2D eigenvalue weighted by Gasteiger charge is -2.36. The quantitative estimate of drug-likeness (QED) is 0.187. The Hall–Kier alpha value is -2.98. The minimum Gasteiger partial charge on any atom is -0.466 e. The number of fused-ring (bicyclic) bond motifs is 1. The van der Waals surface area contributed by atoms with Gasteiger partial charge in [-0.05, 0) is 38.7 Å². The SMILES string of the molecule is C=C1C(=O)O[C@H]2[C@H]1[C@H](OC(=O)[C@]1(C)O[C@H]1C)[C@@H](OC(=O)[C@H](C)CC)/C(C(=O)OC)=C\CCC(=C)[C@@H]2O. The molecule has 2 heterocycles. The van der Waals surface area contributed by atoms with Gasteiger partial charge in [0, 0.05) is 5.57 Å². The third-order valence-corrected chi connectivity index (χ3v) is 7.25. The van der Waals surface area contributed by atoms with E-state index in [0.717, 1.165) is 0 Å². The lowest BCUT2D eigenvalue weighted by molar-refractivity contribution is -0.178. The van der Waals surface area contributed by atoms with Crippen molar-refractivity contribution in [3.63, 3.8) is 0 Å². The maximum absolute atomic E-state index is 13.2. The van der Waals surface area contributed by atoms with Gasteiger partial charge in [0.15, 0.2) is 17.8 Å². The summed E-state index contributed by atoms with van der Waals surface area (Å²) in [5, 5.41) is 11.0. The molecule has 0 radical (unpaired) electrons. The van der Waals surface area contributed by atoms with Crippen LogP contribution in [0.3, 0.4) is 0 Å². The van der Waals surface area contributed by atoms with Crippen LogP contribution in [0.4, 0.5) is 0 Å². The number of epoxide rings is 1. The molecule has 0 unspecified atom stereocenters. The molecule has 2 saturated heterocycles. The molecule has 0 amide bonds. The minimum atomic E-state index is -1.47. The first-order valence-corrected chi connectivity index (χ1v) is 12.0. The van der Waals surface area contributed by atoms with E-state index in [1.165, 1.54) is 20.1 Å². The maximum atomic E-state index is 13.2. The highest BCUT2D eigenvalue weighted by atomic mass is 16.7. The molecule has 10 heteroatoms. The summed E-state index contributed by atoms with van der Waals surface area (Å²) in [4.78, 5) is 51.6. The second kappa shape index (κ2) is 10.6. The Bertz CT molecular complexity index is 997. The van der Waals surface area contributed by atoms with Gasteiger partial charge in [-0.2, -0.15) is 0 Å². The molecule has 0 saturated carbocycles. The summed E-state index contributed by atoms with van der Waals surface area (Å²) >= 11 is 0. The number of carbonyl (C=O) groups excluding carboxylic acids is 4. The Morgan fingerprint density at radius 3 is 2.47 bits per heavy atom. The first-order valence-electron chi connectivity index (χ1n) is 12.0. The zero-order valence-corrected chi connectivity index (χ0v) is 21.3. The summed E-state index contributed by atoms with van der Waals surface area (Å²) in [6, 6.07) is 0. The third-order valence-electron chi connectivity index (χ3n) is 7.25. The fraction of sp³-hybridized carbons (Fsp3) is 0.615. The summed E-state index contributed by atoms with van der Waals surface area (Å²) in [7, 11) is 1.17. The van der Waals surface area contributed by atoms with Crippen LogP contribution in [0.1, 0.15) is 47.0 Å². The fourth-order valence-electron chi connectivity index (χ4n) is 4.31. The number of aliphatic hydroxyl groups excluding tert-OH is 1. The van der Waals surface area contributed by atoms with E-state index in [9.17, 15) is 24.3 Å². The highest BCUT2D eigenvalue weighted by molar-refractivity contribution is 5.93. The molecule has 0 aromatic carbocycles. The molecule has 0 spiro atoms. The summed E-state index contributed by atoms with van der Waals surface area (Å²) in [6.45, 7) is 14.4. The zero-order chi connectivity index (χ0) is 26.9. The average molecular weight is 507 g/mol. The lowest BCUT2D eigenvalue weighted by Crippen LogP contribution is -2.50. The number of hydrogen-bond donors (Lipinski definition) is 1.